The van der Waals surface area contributed by atoms with E-state index in [1.165, 1.54) is 22.7 Å². The predicted octanol–water partition coefficient (Wildman–Crippen LogP) is 8.16. The Hall–Kier alpha value is -4.27. The fourth-order valence-electron chi connectivity index (χ4n) is 5.48. The number of aryl methyl sites for hydroxylation is 3. The molecule has 0 bridgehead atoms. The summed E-state index contributed by atoms with van der Waals surface area (Å²) >= 11 is 0. The van der Waals surface area contributed by atoms with E-state index in [1.807, 2.05) is 58.0 Å². The average molecular weight is 592 g/mol. The van der Waals surface area contributed by atoms with Crippen molar-refractivity contribution in [2.75, 3.05) is 4.90 Å². The van der Waals surface area contributed by atoms with Crippen LogP contribution in [0, 0.1) is 25.5 Å². The Bertz CT molecular complexity index is 1640. The van der Waals surface area contributed by atoms with Gasteiger partial charge in [0.15, 0.2) is 5.78 Å². The maximum Gasteiger partial charge on any atom is 0.415 e. The molecule has 0 saturated heterocycles. The first kappa shape index (κ1) is 31.7. The number of carbonyl (C=O) groups excluding carboxylic acids is 2. The van der Waals surface area contributed by atoms with Gasteiger partial charge in [-0.1, -0.05) is 31.7 Å². The molecule has 1 amide bonds. The fourth-order valence-corrected chi connectivity index (χ4v) is 5.48. The second-order valence-corrected chi connectivity index (χ2v) is 11.8. The number of fused-ring (bicyclic) bond motifs is 2. The molecule has 7 nitrogen and oxygen atoms in total. The maximum atomic E-state index is 14.2. The minimum Gasteiger partial charge on any atom is -0.473 e. The van der Waals surface area contributed by atoms with E-state index in [4.69, 9.17) is 9.47 Å². The zero-order valence-corrected chi connectivity index (χ0v) is 24.5. The Morgan fingerprint density at radius 2 is 1.72 bits per heavy atom. The lowest BCUT2D eigenvalue weighted by Crippen LogP contribution is -2.46. The second kappa shape index (κ2) is 12.5. The van der Waals surface area contributed by atoms with Crippen molar-refractivity contribution in [3.8, 4) is 5.88 Å². The van der Waals surface area contributed by atoms with E-state index in [0.717, 1.165) is 23.2 Å². The van der Waals surface area contributed by atoms with Crippen LogP contribution in [0.3, 0.4) is 0 Å². The molecule has 0 N–H and O–H groups in total. The third-order valence-corrected chi connectivity index (χ3v) is 7.38. The van der Waals surface area contributed by atoms with E-state index < -0.39 is 23.3 Å². The topological polar surface area (TPSA) is 73.1 Å². The molecule has 1 aliphatic rings. The van der Waals surface area contributed by atoms with Crippen LogP contribution >= 0.6 is 0 Å². The molecule has 0 fully saturated rings. The number of benzene rings is 2. The third-order valence-electron chi connectivity index (χ3n) is 7.38. The molecule has 1 aliphatic heterocycles. The number of amides is 1. The van der Waals surface area contributed by atoms with Gasteiger partial charge in [0.05, 0.1) is 28.0 Å². The van der Waals surface area contributed by atoms with Gasteiger partial charge in [-0.3, -0.25) is 9.69 Å². The molecule has 4 aromatic rings. The Labute approximate surface area is 251 Å². The molecule has 0 radical (unpaired) electrons. The number of rotatable bonds is 7. The van der Waals surface area contributed by atoms with Crippen LogP contribution in [0.5, 0.6) is 5.88 Å². The fraction of sp³-hybridized carbons (Fsp3) is 0.382. The zero-order chi connectivity index (χ0) is 30.2. The number of anilines is 1. The lowest BCUT2D eigenvalue weighted by atomic mass is 9.92. The Morgan fingerprint density at radius 1 is 1.02 bits per heavy atom. The van der Waals surface area contributed by atoms with Crippen molar-refractivity contribution in [3.63, 3.8) is 0 Å². The van der Waals surface area contributed by atoms with Crippen molar-refractivity contribution in [1.82, 2.24) is 9.61 Å². The summed E-state index contributed by atoms with van der Waals surface area (Å²) in [6.45, 7) is 8.77. The molecule has 1 atom stereocenters. The number of carbonyl (C=O) groups is 2. The summed E-state index contributed by atoms with van der Waals surface area (Å²) in [5.41, 5.74) is 3.38. The van der Waals surface area contributed by atoms with Crippen LogP contribution in [0.1, 0.15) is 80.2 Å². The highest BCUT2D eigenvalue weighted by Gasteiger charge is 2.34. The minimum absolute atomic E-state index is 0. The molecule has 0 spiro atoms. The molecule has 228 valence electrons. The number of para-hydroxylation sites is 1. The van der Waals surface area contributed by atoms with E-state index in [1.54, 1.807) is 17.9 Å². The molecule has 2 aromatic heterocycles. The van der Waals surface area contributed by atoms with E-state index in [0.29, 0.717) is 29.6 Å². The highest BCUT2D eigenvalue weighted by atomic mass is 19.1. The molecular weight excluding hydrogens is 552 g/mol. The predicted molar refractivity (Wildman–Crippen MR) is 163 cm³/mol. The first-order valence-corrected chi connectivity index (χ1v) is 14.1. The van der Waals surface area contributed by atoms with Gasteiger partial charge >= 0.3 is 6.09 Å². The summed E-state index contributed by atoms with van der Waals surface area (Å²) in [7, 11) is 0. The summed E-state index contributed by atoms with van der Waals surface area (Å²) in [4.78, 5) is 28.7. The Balaban J connectivity index is 0.00000423. The SMILES string of the molecule is C.Cc1cc(OCc2c(F)cccc2F)n2nc(C)c(C(=O)CCC3CCc4ccccc4N3C(=O)OC(C)(C)C)c2c1. The van der Waals surface area contributed by atoms with Crippen molar-refractivity contribution in [2.45, 2.75) is 86.0 Å². The van der Waals surface area contributed by atoms with Crippen molar-refractivity contribution >= 4 is 23.1 Å². The first-order valence-electron chi connectivity index (χ1n) is 14.1. The van der Waals surface area contributed by atoms with Crippen molar-refractivity contribution in [2.24, 2.45) is 0 Å². The van der Waals surface area contributed by atoms with Crippen LogP contribution in [-0.4, -0.2) is 33.1 Å². The Morgan fingerprint density at radius 3 is 2.42 bits per heavy atom. The number of aromatic nitrogens is 2. The van der Waals surface area contributed by atoms with E-state index in [9.17, 15) is 18.4 Å². The van der Waals surface area contributed by atoms with Gasteiger partial charge in [-0.2, -0.15) is 5.10 Å². The number of ether oxygens (including phenoxy) is 2. The number of nitrogens with zero attached hydrogens (tertiary/aromatic N) is 3. The number of hydrogen-bond donors (Lipinski definition) is 0. The summed E-state index contributed by atoms with van der Waals surface area (Å²) < 4.78 is 41.4. The first-order chi connectivity index (χ1) is 19.9. The van der Waals surface area contributed by atoms with Gasteiger partial charge in [-0.25, -0.2) is 18.1 Å². The van der Waals surface area contributed by atoms with Crippen LogP contribution in [0.2, 0.25) is 0 Å². The lowest BCUT2D eigenvalue weighted by molar-refractivity contribution is 0.0556. The van der Waals surface area contributed by atoms with Crippen LogP contribution in [0.4, 0.5) is 19.3 Å². The van der Waals surface area contributed by atoms with Gasteiger partial charge in [-0.15, -0.1) is 0 Å². The minimum atomic E-state index is -0.697. The average Bonchev–Trinajstić information content (AvgIpc) is 3.25. The number of Topliss-reactive ketones (excluding diaryl/α,β-unsaturated/α-hetero) is 1. The largest absolute Gasteiger partial charge is 0.473 e. The number of hydrogen-bond acceptors (Lipinski definition) is 5. The van der Waals surface area contributed by atoms with Crippen molar-refractivity contribution in [1.29, 1.82) is 0 Å². The lowest BCUT2D eigenvalue weighted by Gasteiger charge is -2.38. The Kier molecular flexibility index (Phi) is 9.23. The van der Waals surface area contributed by atoms with E-state index in [-0.39, 0.29) is 43.7 Å². The standard InChI is InChI=1S/C33H35F2N3O4.CH4/c1-20-17-28-31(21(2)36-38(28)30(18-20)41-19-24-25(34)10-8-11-26(24)35)29(39)16-15-23-14-13-22-9-6-7-12-27(22)37(23)32(40)42-33(3,4)5;/h6-12,17-18,23H,13-16,19H2,1-5H3;1H4. The molecule has 3 heterocycles. The molecule has 1 unspecified atom stereocenters. The highest BCUT2D eigenvalue weighted by Crippen LogP contribution is 2.34. The highest BCUT2D eigenvalue weighted by molar-refractivity contribution is 6.03. The van der Waals surface area contributed by atoms with Gasteiger partial charge in [-0.05, 0) is 89.3 Å². The van der Waals surface area contributed by atoms with Crippen LogP contribution in [-0.2, 0) is 17.8 Å². The smallest absolute Gasteiger partial charge is 0.415 e. The van der Waals surface area contributed by atoms with Gasteiger partial charge in [0, 0.05) is 18.5 Å². The quantitative estimate of drug-likeness (QED) is 0.203. The van der Waals surface area contributed by atoms with Gasteiger partial charge < -0.3 is 9.47 Å². The van der Waals surface area contributed by atoms with Crippen LogP contribution < -0.4 is 9.64 Å². The summed E-state index contributed by atoms with van der Waals surface area (Å²) in [6, 6.07) is 14.8. The summed E-state index contributed by atoms with van der Waals surface area (Å²) in [6.07, 6.45) is 1.72. The molecule has 5 rings (SSSR count). The van der Waals surface area contributed by atoms with E-state index >= 15 is 0 Å². The molecule has 2 aromatic carbocycles. The summed E-state index contributed by atoms with van der Waals surface area (Å²) in [5, 5.41) is 4.54. The van der Waals surface area contributed by atoms with Gasteiger partial charge in [0.1, 0.15) is 23.8 Å². The van der Waals surface area contributed by atoms with E-state index in [2.05, 4.69) is 5.10 Å². The molecule has 0 aliphatic carbocycles. The third kappa shape index (κ3) is 6.71. The monoisotopic (exact) mass is 591 g/mol. The summed E-state index contributed by atoms with van der Waals surface area (Å²) in [5.74, 6) is -1.23. The van der Waals surface area contributed by atoms with Crippen molar-refractivity contribution in [3.05, 3.63) is 94.2 Å². The number of halogens is 2. The van der Waals surface area contributed by atoms with Gasteiger partial charge in [0.25, 0.3) is 0 Å². The normalized spacial score (nSPS) is 14.7. The molecule has 9 heteroatoms. The number of ketones is 1. The molecule has 0 saturated carbocycles. The van der Waals surface area contributed by atoms with Crippen molar-refractivity contribution < 1.29 is 27.8 Å². The van der Waals surface area contributed by atoms with Gasteiger partial charge in [0.2, 0.25) is 5.88 Å². The van der Waals surface area contributed by atoms with Crippen LogP contribution in [0.15, 0.2) is 54.6 Å². The number of pyridine rings is 1. The molecule has 43 heavy (non-hydrogen) atoms. The molecular formula is C34H39F2N3O4. The second-order valence-electron chi connectivity index (χ2n) is 11.8. The maximum absolute atomic E-state index is 14.2. The zero-order valence-electron chi connectivity index (χ0n) is 24.5. The van der Waals surface area contributed by atoms with Crippen LogP contribution in [0.25, 0.3) is 5.52 Å².